The Morgan fingerprint density at radius 2 is 2.05 bits per heavy atom. The molecule has 4 N–H and O–H groups in total. The lowest BCUT2D eigenvalue weighted by molar-refractivity contribution is -0.351. The van der Waals surface area contributed by atoms with Gasteiger partial charge in [-0.3, -0.25) is 4.57 Å². The number of fused-ring (bicyclic) bond motifs is 1. The molecule has 0 amide bonds. The van der Waals surface area contributed by atoms with E-state index in [4.69, 9.17) is 15.2 Å². The van der Waals surface area contributed by atoms with Crippen molar-refractivity contribution in [1.82, 2.24) is 19.5 Å². The van der Waals surface area contributed by atoms with Crippen molar-refractivity contribution in [1.29, 1.82) is 0 Å². The first kappa shape index (κ1) is 13.2. The van der Waals surface area contributed by atoms with Crippen LogP contribution in [0.5, 0.6) is 0 Å². The summed E-state index contributed by atoms with van der Waals surface area (Å²) < 4.78 is 12.2. The molecule has 9 nitrogen and oxygen atoms in total. The molecule has 3 heterocycles. The number of nitrogens with zero attached hydrogens (tertiary/aromatic N) is 4. The summed E-state index contributed by atoms with van der Waals surface area (Å²) in [6.07, 6.45) is -0.617. The first-order valence-electron chi connectivity index (χ1n) is 6.22. The van der Waals surface area contributed by atoms with E-state index < -0.39 is 24.9 Å². The van der Waals surface area contributed by atoms with E-state index in [1.165, 1.54) is 17.2 Å². The molecule has 2 aromatic rings. The van der Waals surface area contributed by atoms with Gasteiger partial charge in [0, 0.05) is 0 Å². The van der Waals surface area contributed by atoms with Gasteiger partial charge in [-0.05, 0) is 6.42 Å². The highest BCUT2D eigenvalue weighted by atomic mass is 16.7. The second-order valence-electron chi connectivity index (χ2n) is 4.47. The Morgan fingerprint density at radius 1 is 1.25 bits per heavy atom. The molecule has 0 radical (unpaired) electrons. The Kier molecular flexibility index (Phi) is 3.26. The lowest BCUT2D eigenvalue weighted by atomic mass is 10.2. The fourth-order valence-electron chi connectivity index (χ4n) is 2.17. The predicted molar refractivity (Wildman–Crippen MR) is 67.0 cm³/mol. The normalized spacial score (nSPS) is 30.8. The number of aromatic nitrogens is 4. The lowest BCUT2D eigenvalue weighted by Gasteiger charge is -2.37. The number of aliphatic hydroxyl groups is 2. The van der Waals surface area contributed by atoms with Crippen LogP contribution in [-0.4, -0.2) is 48.4 Å². The molecule has 2 aromatic heterocycles. The molecular weight excluding hydrogens is 266 g/mol. The van der Waals surface area contributed by atoms with E-state index in [2.05, 4.69) is 15.0 Å². The summed E-state index contributed by atoms with van der Waals surface area (Å²) in [5, 5.41) is 19.6. The van der Waals surface area contributed by atoms with E-state index in [9.17, 15) is 10.2 Å². The van der Waals surface area contributed by atoms with Crippen molar-refractivity contribution in [2.24, 2.45) is 0 Å². The first-order chi connectivity index (χ1) is 9.61. The molecule has 0 saturated carbocycles. The molecule has 0 bridgehead atoms. The number of ether oxygens (including phenoxy) is 2. The third-order valence-corrected chi connectivity index (χ3v) is 3.22. The number of aliphatic hydroxyl groups excluding tert-OH is 2. The number of hydrogen-bond donors (Lipinski definition) is 3. The summed E-state index contributed by atoms with van der Waals surface area (Å²) in [7, 11) is 0. The SMILES string of the molecule is CCC1OC(n2cnc3c(N)ncnc32)C(O)OC1O. The summed E-state index contributed by atoms with van der Waals surface area (Å²) in [5.74, 6) is 0.243. The fraction of sp³-hybridized carbons (Fsp3) is 0.545. The average molecular weight is 281 g/mol. The summed E-state index contributed by atoms with van der Waals surface area (Å²) in [6, 6.07) is 0. The number of rotatable bonds is 2. The van der Waals surface area contributed by atoms with Gasteiger partial charge in [0.2, 0.25) is 6.29 Å². The van der Waals surface area contributed by atoms with Crippen LogP contribution in [0.2, 0.25) is 0 Å². The highest BCUT2D eigenvalue weighted by molar-refractivity contribution is 5.81. The third kappa shape index (κ3) is 2.00. The van der Waals surface area contributed by atoms with E-state index >= 15 is 0 Å². The minimum Gasteiger partial charge on any atom is -0.382 e. The van der Waals surface area contributed by atoms with Crippen molar-refractivity contribution in [2.75, 3.05) is 5.73 Å². The maximum Gasteiger partial charge on any atom is 0.203 e. The predicted octanol–water partition coefficient (Wildman–Crippen LogP) is -0.631. The van der Waals surface area contributed by atoms with E-state index in [0.717, 1.165) is 0 Å². The van der Waals surface area contributed by atoms with Gasteiger partial charge in [0.05, 0.1) is 6.33 Å². The lowest BCUT2D eigenvalue weighted by Crippen LogP contribution is -2.46. The Hall–Kier alpha value is -1.81. The summed E-state index contributed by atoms with van der Waals surface area (Å²) in [6.45, 7) is 1.85. The molecule has 20 heavy (non-hydrogen) atoms. The van der Waals surface area contributed by atoms with Gasteiger partial charge in [-0.1, -0.05) is 6.92 Å². The molecule has 108 valence electrons. The minimum absolute atomic E-state index is 0.243. The quantitative estimate of drug-likeness (QED) is 0.663. The zero-order valence-corrected chi connectivity index (χ0v) is 10.7. The number of imidazole rings is 1. The van der Waals surface area contributed by atoms with Crippen LogP contribution < -0.4 is 5.73 Å². The molecule has 0 aromatic carbocycles. The van der Waals surface area contributed by atoms with Gasteiger partial charge in [0.25, 0.3) is 0 Å². The molecule has 1 saturated heterocycles. The zero-order valence-electron chi connectivity index (χ0n) is 10.7. The summed E-state index contributed by atoms with van der Waals surface area (Å²) >= 11 is 0. The topological polar surface area (TPSA) is 129 Å². The van der Waals surface area contributed by atoms with Crippen LogP contribution in [0.25, 0.3) is 11.2 Å². The highest BCUT2D eigenvalue weighted by Crippen LogP contribution is 2.29. The maximum absolute atomic E-state index is 9.92. The van der Waals surface area contributed by atoms with E-state index in [1.54, 1.807) is 0 Å². The minimum atomic E-state index is -1.33. The number of anilines is 1. The van der Waals surface area contributed by atoms with Gasteiger partial charge in [-0.2, -0.15) is 0 Å². The fourth-order valence-corrected chi connectivity index (χ4v) is 2.17. The third-order valence-electron chi connectivity index (χ3n) is 3.22. The number of nitrogen functional groups attached to an aromatic ring is 1. The van der Waals surface area contributed by atoms with Crippen molar-refractivity contribution in [2.45, 2.75) is 38.3 Å². The molecule has 9 heteroatoms. The van der Waals surface area contributed by atoms with Crippen LogP contribution in [0.3, 0.4) is 0 Å². The van der Waals surface area contributed by atoms with Gasteiger partial charge in [0.15, 0.2) is 24.0 Å². The van der Waals surface area contributed by atoms with Crippen LogP contribution in [-0.2, 0) is 9.47 Å². The van der Waals surface area contributed by atoms with Crippen molar-refractivity contribution < 1.29 is 19.7 Å². The largest absolute Gasteiger partial charge is 0.382 e. The van der Waals surface area contributed by atoms with Gasteiger partial charge < -0.3 is 25.4 Å². The monoisotopic (exact) mass is 281 g/mol. The van der Waals surface area contributed by atoms with Crippen LogP contribution in [0, 0.1) is 0 Å². The number of nitrogens with two attached hydrogens (primary N) is 1. The van der Waals surface area contributed by atoms with Crippen molar-refractivity contribution in [3.63, 3.8) is 0 Å². The van der Waals surface area contributed by atoms with Crippen LogP contribution >= 0.6 is 0 Å². The molecule has 1 aliphatic rings. The molecule has 0 spiro atoms. The van der Waals surface area contributed by atoms with Crippen LogP contribution in [0.15, 0.2) is 12.7 Å². The molecule has 1 fully saturated rings. The Bertz CT molecular complexity index is 618. The van der Waals surface area contributed by atoms with Crippen LogP contribution in [0.4, 0.5) is 5.82 Å². The van der Waals surface area contributed by atoms with Crippen LogP contribution in [0.1, 0.15) is 19.6 Å². The Morgan fingerprint density at radius 3 is 2.80 bits per heavy atom. The standard InChI is InChI=1S/C11H15N5O4/c1-2-5-10(17)20-11(18)9(19-5)16-4-15-6-7(12)13-3-14-8(6)16/h3-5,9-11,17-18H,2H2,1H3,(H2,12,13,14). The zero-order chi connectivity index (χ0) is 14.3. The summed E-state index contributed by atoms with van der Waals surface area (Å²) in [4.78, 5) is 12.0. The van der Waals surface area contributed by atoms with E-state index in [0.29, 0.717) is 17.6 Å². The molecule has 1 aliphatic heterocycles. The molecule has 3 rings (SSSR count). The maximum atomic E-state index is 9.92. The van der Waals surface area contributed by atoms with Crippen molar-refractivity contribution in [3.05, 3.63) is 12.7 Å². The van der Waals surface area contributed by atoms with Gasteiger partial charge >= 0.3 is 0 Å². The second-order valence-corrected chi connectivity index (χ2v) is 4.47. The Labute approximate surface area is 114 Å². The highest BCUT2D eigenvalue weighted by Gasteiger charge is 2.38. The Balaban J connectivity index is 2.00. The van der Waals surface area contributed by atoms with E-state index in [-0.39, 0.29) is 5.82 Å². The molecular formula is C11H15N5O4. The first-order valence-corrected chi connectivity index (χ1v) is 6.22. The van der Waals surface area contributed by atoms with Gasteiger partial charge in [0.1, 0.15) is 17.9 Å². The molecule has 0 aliphatic carbocycles. The summed E-state index contributed by atoms with van der Waals surface area (Å²) in [5.41, 5.74) is 6.55. The van der Waals surface area contributed by atoms with Gasteiger partial charge in [-0.15, -0.1) is 0 Å². The average Bonchev–Trinajstić information content (AvgIpc) is 2.84. The van der Waals surface area contributed by atoms with Gasteiger partial charge in [-0.25, -0.2) is 15.0 Å². The smallest absolute Gasteiger partial charge is 0.203 e. The molecule has 4 atom stereocenters. The number of hydrogen-bond acceptors (Lipinski definition) is 8. The molecule has 4 unspecified atom stereocenters. The van der Waals surface area contributed by atoms with Crippen molar-refractivity contribution >= 4 is 17.0 Å². The second kappa shape index (κ2) is 4.94. The van der Waals surface area contributed by atoms with Crippen molar-refractivity contribution in [3.8, 4) is 0 Å². The van der Waals surface area contributed by atoms with E-state index in [1.807, 2.05) is 6.92 Å².